The number of carbonyl (C=O) groups is 2. The van der Waals surface area contributed by atoms with Gasteiger partial charge in [-0.1, -0.05) is 0 Å². The number of rotatable bonds is 23. The van der Waals surface area contributed by atoms with Crippen LogP contribution in [0.25, 0.3) is 0 Å². The molecule has 0 spiro atoms. The molecule has 11 nitrogen and oxygen atoms in total. The van der Waals surface area contributed by atoms with Crippen LogP contribution in [0, 0.1) is 0 Å². The monoisotopic (exact) mass is 482 g/mol. The SMILES string of the molecule is CC(=O)OCCOCCOCCOCCOCCOCCOCCOCC(=O)OC(C)(C)C. The van der Waals surface area contributed by atoms with Gasteiger partial charge in [0.2, 0.25) is 0 Å². The molecular weight excluding hydrogens is 440 g/mol. The van der Waals surface area contributed by atoms with Gasteiger partial charge in [0.15, 0.2) is 0 Å². The highest BCUT2D eigenvalue weighted by atomic mass is 16.6. The van der Waals surface area contributed by atoms with E-state index in [9.17, 15) is 9.59 Å². The van der Waals surface area contributed by atoms with Gasteiger partial charge in [-0.15, -0.1) is 0 Å². The molecule has 0 aromatic heterocycles. The molecule has 0 N–H and O–H groups in total. The Kier molecular flexibility index (Phi) is 21.5. The van der Waals surface area contributed by atoms with Crippen LogP contribution in [-0.2, 0) is 52.2 Å². The smallest absolute Gasteiger partial charge is 0.332 e. The van der Waals surface area contributed by atoms with E-state index in [1.165, 1.54) is 6.92 Å². The van der Waals surface area contributed by atoms with Crippen molar-refractivity contribution in [3.05, 3.63) is 0 Å². The maximum Gasteiger partial charge on any atom is 0.332 e. The fraction of sp³-hybridized carbons (Fsp3) is 0.909. The molecule has 0 aliphatic carbocycles. The standard InChI is InChI=1S/C22H42O11/c1-20(23)32-18-17-30-14-13-28-10-9-26-6-5-25-7-8-27-11-12-29-15-16-31-19-21(24)33-22(2,3)4/h5-19H2,1-4H3. The summed E-state index contributed by atoms with van der Waals surface area (Å²) in [7, 11) is 0. The van der Waals surface area contributed by atoms with Gasteiger partial charge in [0.1, 0.15) is 18.8 Å². The van der Waals surface area contributed by atoms with Crippen LogP contribution in [0.1, 0.15) is 27.7 Å². The Hall–Kier alpha value is -1.34. The van der Waals surface area contributed by atoms with Gasteiger partial charge < -0.3 is 42.6 Å². The van der Waals surface area contributed by atoms with E-state index in [1.54, 1.807) is 0 Å². The maximum absolute atomic E-state index is 11.4. The summed E-state index contributed by atoms with van der Waals surface area (Å²) in [6.07, 6.45) is 0. The normalized spacial score (nSPS) is 11.5. The summed E-state index contributed by atoms with van der Waals surface area (Å²) in [4.78, 5) is 22.0. The van der Waals surface area contributed by atoms with Crippen molar-refractivity contribution in [1.82, 2.24) is 0 Å². The molecule has 0 aliphatic rings. The number of ether oxygens (including phenoxy) is 9. The highest BCUT2D eigenvalue weighted by Gasteiger charge is 2.15. The van der Waals surface area contributed by atoms with Gasteiger partial charge in [-0.05, 0) is 20.8 Å². The molecule has 0 bridgehead atoms. The first kappa shape index (κ1) is 31.7. The van der Waals surface area contributed by atoms with E-state index in [0.29, 0.717) is 85.9 Å². The molecule has 0 unspecified atom stereocenters. The van der Waals surface area contributed by atoms with E-state index >= 15 is 0 Å². The topological polar surface area (TPSA) is 117 Å². The largest absolute Gasteiger partial charge is 0.463 e. The van der Waals surface area contributed by atoms with Crippen molar-refractivity contribution < 1.29 is 52.2 Å². The molecule has 0 saturated carbocycles. The van der Waals surface area contributed by atoms with Crippen LogP contribution in [0.2, 0.25) is 0 Å². The lowest BCUT2D eigenvalue weighted by molar-refractivity contribution is -0.160. The number of hydrogen-bond donors (Lipinski definition) is 0. The first-order valence-electron chi connectivity index (χ1n) is 11.2. The fourth-order valence-corrected chi connectivity index (χ4v) is 2.09. The van der Waals surface area contributed by atoms with Crippen molar-refractivity contribution in [3.63, 3.8) is 0 Å². The third kappa shape index (κ3) is 28.6. The second-order valence-corrected chi connectivity index (χ2v) is 7.65. The molecule has 0 amide bonds. The minimum absolute atomic E-state index is 0.0829. The van der Waals surface area contributed by atoms with Crippen LogP contribution < -0.4 is 0 Å². The quantitative estimate of drug-likeness (QED) is 0.153. The highest BCUT2D eigenvalue weighted by molar-refractivity contribution is 5.71. The van der Waals surface area contributed by atoms with Crippen molar-refractivity contribution in [2.24, 2.45) is 0 Å². The van der Waals surface area contributed by atoms with Gasteiger partial charge >= 0.3 is 11.9 Å². The Balaban J connectivity index is 3.12. The van der Waals surface area contributed by atoms with Crippen LogP contribution in [0.3, 0.4) is 0 Å². The summed E-state index contributed by atoms with van der Waals surface area (Å²) in [6, 6.07) is 0. The molecule has 0 radical (unpaired) electrons. The average molecular weight is 483 g/mol. The Labute approximate surface area is 197 Å². The molecule has 0 fully saturated rings. The van der Waals surface area contributed by atoms with Crippen LogP contribution in [0.4, 0.5) is 0 Å². The minimum atomic E-state index is -0.508. The third-order valence-electron chi connectivity index (χ3n) is 3.40. The van der Waals surface area contributed by atoms with Crippen molar-refractivity contribution in [2.45, 2.75) is 33.3 Å². The zero-order valence-corrected chi connectivity index (χ0v) is 20.6. The number of carbonyl (C=O) groups excluding carboxylic acids is 2. The summed E-state index contributed by atoms with van der Waals surface area (Å²) in [5.41, 5.74) is -0.508. The molecule has 11 heteroatoms. The second kappa shape index (κ2) is 22.5. The molecule has 0 rings (SSSR count). The predicted molar refractivity (Wildman–Crippen MR) is 118 cm³/mol. The van der Waals surface area contributed by atoms with E-state index in [4.69, 9.17) is 42.6 Å². The number of hydrogen-bond acceptors (Lipinski definition) is 11. The van der Waals surface area contributed by atoms with E-state index in [1.807, 2.05) is 20.8 Å². The van der Waals surface area contributed by atoms with Gasteiger partial charge in [0.25, 0.3) is 0 Å². The van der Waals surface area contributed by atoms with Crippen LogP contribution >= 0.6 is 0 Å². The molecular formula is C22H42O11. The average Bonchev–Trinajstić information content (AvgIpc) is 2.72. The molecule has 0 saturated heterocycles. The van der Waals surface area contributed by atoms with E-state index in [-0.39, 0.29) is 25.2 Å². The minimum Gasteiger partial charge on any atom is -0.463 e. The molecule has 0 aromatic carbocycles. The van der Waals surface area contributed by atoms with Crippen molar-refractivity contribution in [1.29, 1.82) is 0 Å². The van der Waals surface area contributed by atoms with E-state index < -0.39 is 5.60 Å². The summed E-state index contributed by atoms with van der Waals surface area (Å²) >= 11 is 0. The highest BCUT2D eigenvalue weighted by Crippen LogP contribution is 2.06. The van der Waals surface area contributed by atoms with Crippen molar-refractivity contribution >= 4 is 11.9 Å². The Bertz CT molecular complexity index is 466. The zero-order valence-electron chi connectivity index (χ0n) is 20.6. The van der Waals surface area contributed by atoms with Gasteiger partial charge in [-0.3, -0.25) is 4.79 Å². The first-order chi connectivity index (χ1) is 15.8. The van der Waals surface area contributed by atoms with Gasteiger partial charge in [0, 0.05) is 6.92 Å². The molecule has 0 heterocycles. The Morgan fingerprint density at radius 3 is 1.12 bits per heavy atom. The van der Waals surface area contributed by atoms with Gasteiger partial charge in [-0.2, -0.15) is 0 Å². The second-order valence-electron chi connectivity index (χ2n) is 7.65. The van der Waals surface area contributed by atoms with Crippen molar-refractivity contribution in [3.8, 4) is 0 Å². The maximum atomic E-state index is 11.4. The first-order valence-corrected chi connectivity index (χ1v) is 11.2. The lowest BCUT2D eigenvalue weighted by Gasteiger charge is -2.19. The lowest BCUT2D eigenvalue weighted by Crippen LogP contribution is -2.27. The van der Waals surface area contributed by atoms with E-state index in [2.05, 4.69) is 0 Å². The van der Waals surface area contributed by atoms with Gasteiger partial charge in [-0.25, -0.2) is 4.79 Å². The van der Waals surface area contributed by atoms with Crippen LogP contribution in [0.5, 0.6) is 0 Å². The van der Waals surface area contributed by atoms with Crippen LogP contribution in [-0.4, -0.2) is 117 Å². The lowest BCUT2D eigenvalue weighted by atomic mass is 10.2. The zero-order chi connectivity index (χ0) is 24.6. The molecule has 0 atom stereocenters. The van der Waals surface area contributed by atoms with E-state index in [0.717, 1.165) is 0 Å². The Morgan fingerprint density at radius 2 is 0.818 bits per heavy atom. The molecule has 33 heavy (non-hydrogen) atoms. The summed E-state index contributed by atoms with van der Waals surface area (Å²) < 4.78 is 47.1. The summed E-state index contributed by atoms with van der Waals surface area (Å²) in [5.74, 6) is -0.703. The fourth-order valence-electron chi connectivity index (χ4n) is 2.09. The summed E-state index contributed by atoms with van der Waals surface area (Å²) in [6.45, 7) is 12.7. The molecule has 196 valence electrons. The third-order valence-corrected chi connectivity index (χ3v) is 3.40. The predicted octanol–water partition coefficient (Wildman–Crippen LogP) is 1.01. The van der Waals surface area contributed by atoms with Gasteiger partial charge in [0.05, 0.1) is 85.9 Å². The summed E-state index contributed by atoms with van der Waals surface area (Å²) in [5, 5.41) is 0. The molecule has 0 aliphatic heterocycles. The van der Waals surface area contributed by atoms with Crippen LogP contribution in [0.15, 0.2) is 0 Å². The molecule has 0 aromatic rings. The van der Waals surface area contributed by atoms with Crippen molar-refractivity contribution in [2.75, 3.05) is 99.1 Å². The Morgan fingerprint density at radius 1 is 0.515 bits per heavy atom. The number of esters is 2.